The number of nitrogen functional groups attached to an aromatic ring is 2. The van der Waals surface area contributed by atoms with Crippen LogP contribution in [0.15, 0.2) is 36.5 Å². The van der Waals surface area contributed by atoms with E-state index in [9.17, 15) is 9.18 Å². The number of halogens is 1. The molecule has 1 atom stereocenters. The molecule has 2 aromatic heterocycles. The zero-order valence-electron chi connectivity index (χ0n) is 19.6. The fourth-order valence-electron chi connectivity index (χ4n) is 4.29. The fourth-order valence-corrected chi connectivity index (χ4v) is 4.29. The van der Waals surface area contributed by atoms with Gasteiger partial charge in [-0.1, -0.05) is 0 Å². The molecular formula is C24H27FN8O3. The van der Waals surface area contributed by atoms with E-state index in [1.807, 2.05) is 4.90 Å². The van der Waals surface area contributed by atoms with Gasteiger partial charge in [-0.3, -0.25) is 4.79 Å². The van der Waals surface area contributed by atoms with Crippen LogP contribution in [-0.2, 0) is 4.74 Å². The average Bonchev–Trinajstić information content (AvgIpc) is 2.89. The van der Waals surface area contributed by atoms with Crippen LogP contribution in [0.4, 0.5) is 22.1 Å². The van der Waals surface area contributed by atoms with E-state index in [-0.39, 0.29) is 29.6 Å². The second kappa shape index (κ2) is 10.3. The second-order valence-electron chi connectivity index (χ2n) is 8.66. The quantitative estimate of drug-likeness (QED) is 0.538. The van der Waals surface area contributed by atoms with Gasteiger partial charge in [0.05, 0.1) is 31.0 Å². The highest BCUT2D eigenvalue weighted by atomic mass is 19.1. The van der Waals surface area contributed by atoms with Gasteiger partial charge in [-0.15, -0.1) is 0 Å². The van der Waals surface area contributed by atoms with Crippen molar-refractivity contribution >= 4 is 23.6 Å². The molecule has 11 nitrogen and oxygen atoms in total. The molecule has 4 N–H and O–H groups in total. The van der Waals surface area contributed by atoms with Crippen molar-refractivity contribution in [2.75, 3.05) is 55.8 Å². The molecule has 188 valence electrons. The number of rotatable bonds is 5. The Hall–Kier alpha value is -4.06. The Balaban J connectivity index is 1.39. The highest BCUT2D eigenvalue weighted by Gasteiger charge is 2.27. The van der Waals surface area contributed by atoms with Gasteiger partial charge in [0.1, 0.15) is 17.7 Å². The summed E-state index contributed by atoms with van der Waals surface area (Å²) in [5.41, 5.74) is 13.2. The van der Waals surface area contributed by atoms with Crippen LogP contribution in [0.1, 0.15) is 23.2 Å². The molecular weight excluding hydrogens is 467 g/mol. The Kier molecular flexibility index (Phi) is 6.76. The number of piperidine rings is 1. The third-order valence-electron chi connectivity index (χ3n) is 6.14. The highest BCUT2D eigenvalue weighted by molar-refractivity contribution is 5.94. The number of hydrogen-bond donors (Lipinski definition) is 2. The number of hydrogen-bond acceptors (Lipinski definition) is 10. The van der Waals surface area contributed by atoms with Crippen molar-refractivity contribution in [3.8, 4) is 17.1 Å². The smallest absolute Gasteiger partial charge is 0.253 e. The Labute approximate surface area is 207 Å². The molecule has 4 heterocycles. The minimum absolute atomic E-state index is 0.0725. The topological polar surface area (TPSA) is 146 Å². The number of anilines is 3. The largest absolute Gasteiger partial charge is 0.472 e. The molecule has 0 unspecified atom stereocenters. The van der Waals surface area contributed by atoms with Gasteiger partial charge in [-0.05, 0) is 37.1 Å². The fraction of sp³-hybridized carbons (Fsp3) is 0.375. The summed E-state index contributed by atoms with van der Waals surface area (Å²) in [6.07, 6.45) is 2.77. The van der Waals surface area contributed by atoms with Crippen LogP contribution in [-0.4, -0.2) is 76.2 Å². The minimum atomic E-state index is -0.380. The van der Waals surface area contributed by atoms with Gasteiger partial charge in [0.25, 0.3) is 5.91 Å². The molecule has 36 heavy (non-hydrogen) atoms. The number of nitrogens with zero attached hydrogens (tertiary/aromatic N) is 6. The molecule has 2 aliphatic heterocycles. The lowest BCUT2D eigenvalue weighted by molar-refractivity contribution is 0.0527. The summed E-state index contributed by atoms with van der Waals surface area (Å²) in [4.78, 5) is 34.1. The normalized spacial score (nSPS) is 18.2. The lowest BCUT2D eigenvalue weighted by Gasteiger charge is -2.33. The van der Waals surface area contributed by atoms with Crippen LogP contribution in [0.2, 0.25) is 0 Å². The Bertz CT molecular complexity index is 1240. The van der Waals surface area contributed by atoms with Gasteiger partial charge in [0.15, 0.2) is 0 Å². The number of benzene rings is 1. The van der Waals surface area contributed by atoms with E-state index >= 15 is 0 Å². The Morgan fingerprint density at radius 3 is 2.61 bits per heavy atom. The van der Waals surface area contributed by atoms with Crippen molar-refractivity contribution in [1.82, 2.24) is 24.8 Å². The first kappa shape index (κ1) is 23.7. The predicted octanol–water partition coefficient (Wildman–Crippen LogP) is 1.76. The minimum Gasteiger partial charge on any atom is -0.472 e. The molecule has 1 amide bonds. The number of ether oxygens (including phenoxy) is 2. The lowest BCUT2D eigenvalue weighted by atomic mass is 10.1. The summed E-state index contributed by atoms with van der Waals surface area (Å²) in [6, 6.07) is 7.25. The van der Waals surface area contributed by atoms with E-state index in [0.717, 1.165) is 12.8 Å². The van der Waals surface area contributed by atoms with E-state index in [2.05, 4.69) is 19.9 Å². The van der Waals surface area contributed by atoms with Crippen LogP contribution in [0, 0.1) is 5.82 Å². The van der Waals surface area contributed by atoms with Gasteiger partial charge in [0, 0.05) is 37.5 Å². The molecule has 0 bridgehead atoms. The molecule has 0 aliphatic carbocycles. The first-order chi connectivity index (χ1) is 17.5. The van der Waals surface area contributed by atoms with Gasteiger partial charge < -0.3 is 30.7 Å². The predicted molar refractivity (Wildman–Crippen MR) is 131 cm³/mol. The second-order valence-corrected chi connectivity index (χ2v) is 8.66. The monoisotopic (exact) mass is 494 g/mol. The summed E-state index contributed by atoms with van der Waals surface area (Å²) in [6.45, 7) is 3.40. The number of nitrogens with two attached hydrogens (primary N) is 2. The van der Waals surface area contributed by atoms with Crippen molar-refractivity contribution in [2.24, 2.45) is 0 Å². The van der Waals surface area contributed by atoms with Crippen LogP contribution in [0.25, 0.3) is 11.3 Å². The molecule has 0 radical (unpaired) electrons. The number of carbonyl (C=O) groups is 1. The highest BCUT2D eigenvalue weighted by Crippen LogP contribution is 2.29. The third kappa shape index (κ3) is 5.28. The standard InChI is InChI=1S/C24H27FN8O3/c25-16-5-3-15(4-6-16)22(34)33-7-1-2-17(14-33)36-20-12-19(18-13-28-23(27)31-21(18)26)29-24(30-20)32-8-10-35-11-9-32/h3-6,12-13,17H,1-2,7-11,14H2,(H4,26,27,28,31)/t17-/m1/s1. The van der Waals surface area contributed by atoms with Crippen molar-refractivity contribution in [3.05, 3.63) is 47.9 Å². The molecule has 0 spiro atoms. The van der Waals surface area contributed by atoms with Crippen LogP contribution >= 0.6 is 0 Å². The zero-order valence-corrected chi connectivity index (χ0v) is 19.6. The van der Waals surface area contributed by atoms with E-state index in [1.165, 1.54) is 30.5 Å². The molecule has 2 fully saturated rings. The maximum Gasteiger partial charge on any atom is 0.253 e. The average molecular weight is 495 g/mol. The molecule has 1 aromatic carbocycles. The summed E-state index contributed by atoms with van der Waals surface area (Å²) in [7, 11) is 0. The van der Waals surface area contributed by atoms with Crippen molar-refractivity contribution in [2.45, 2.75) is 18.9 Å². The van der Waals surface area contributed by atoms with Crippen molar-refractivity contribution in [1.29, 1.82) is 0 Å². The van der Waals surface area contributed by atoms with Gasteiger partial charge in [-0.2, -0.15) is 9.97 Å². The van der Waals surface area contributed by atoms with Crippen LogP contribution < -0.4 is 21.1 Å². The first-order valence-corrected chi connectivity index (χ1v) is 11.8. The molecule has 3 aromatic rings. The Morgan fingerprint density at radius 2 is 1.86 bits per heavy atom. The maximum absolute atomic E-state index is 13.3. The molecule has 2 saturated heterocycles. The summed E-state index contributed by atoms with van der Waals surface area (Å²) in [5, 5.41) is 0. The van der Waals surface area contributed by atoms with Crippen LogP contribution in [0.5, 0.6) is 5.88 Å². The SMILES string of the molecule is Nc1ncc(-c2cc(O[C@@H]3CCCN(C(=O)c4ccc(F)cc4)C3)nc(N3CCOCC3)n2)c(N)n1. The summed E-state index contributed by atoms with van der Waals surface area (Å²) < 4.78 is 25.0. The van der Waals surface area contributed by atoms with Gasteiger partial charge in [-0.25, -0.2) is 14.4 Å². The van der Waals surface area contributed by atoms with E-state index < -0.39 is 0 Å². The van der Waals surface area contributed by atoms with E-state index in [4.69, 9.17) is 20.9 Å². The molecule has 0 saturated carbocycles. The number of amides is 1. The zero-order chi connectivity index (χ0) is 25.1. The van der Waals surface area contributed by atoms with E-state index in [1.54, 1.807) is 11.0 Å². The maximum atomic E-state index is 13.3. The number of likely N-dealkylation sites (tertiary alicyclic amines) is 1. The van der Waals surface area contributed by atoms with Gasteiger partial charge >= 0.3 is 0 Å². The number of aromatic nitrogens is 4. The van der Waals surface area contributed by atoms with Crippen LogP contribution in [0.3, 0.4) is 0 Å². The Morgan fingerprint density at radius 1 is 1.08 bits per heavy atom. The third-order valence-corrected chi connectivity index (χ3v) is 6.14. The molecule has 2 aliphatic rings. The summed E-state index contributed by atoms with van der Waals surface area (Å²) in [5.74, 6) is 0.578. The lowest BCUT2D eigenvalue weighted by Crippen LogP contribution is -2.44. The first-order valence-electron chi connectivity index (χ1n) is 11.8. The van der Waals surface area contributed by atoms with Crippen molar-refractivity contribution < 1.29 is 18.7 Å². The van der Waals surface area contributed by atoms with E-state index in [0.29, 0.717) is 68.0 Å². The number of morpholine rings is 1. The van der Waals surface area contributed by atoms with Crippen molar-refractivity contribution in [3.63, 3.8) is 0 Å². The molecule has 12 heteroatoms. The molecule has 5 rings (SSSR count). The van der Waals surface area contributed by atoms with Gasteiger partial charge in [0.2, 0.25) is 17.8 Å². The number of carbonyl (C=O) groups excluding carboxylic acids is 1. The summed E-state index contributed by atoms with van der Waals surface area (Å²) >= 11 is 0.